The molecule has 0 fully saturated rings. The van der Waals surface area contributed by atoms with Crippen molar-refractivity contribution in [1.82, 2.24) is 0 Å². The lowest BCUT2D eigenvalue weighted by atomic mass is 10.3. The molecule has 0 heterocycles. The number of carbonyl (C=O) groups excluding carboxylic acids is 1. The van der Waals surface area contributed by atoms with E-state index >= 15 is 0 Å². The zero-order chi connectivity index (χ0) is 21.9. The highest BCUT2D eigenvalue weighted by atomic mass is 32.2. The van der Waals surface area contributed by atoms with Crippen LogP contribution in [-0.4, -0.2) is 80.5 Å². The van der Waals surface area contributed by atoms with Gasteiger partial charge in [-0.15, -0.1) is 0 Å². The molecule has 0 saturated carbocycles. The highest BCUT2D eigenvalue weighted by Crippen LogP contribution is 2.10. The maximum absolute atomic E-state index is 11.9. The minimum atomic E-state index is -3.74. The van der Waals surface area contributed by atoms with E-state index in [9.17, 15) is 13.2 Å². The van der Waals surface area contributed by atoms with Gasteiger partial charge in [-0.05, 0) is 18.6 Å². The van der Waals surface area contributed by atoms with Crippen LogP contribution in [-0.2, 0) is 42.8 Å². The lowest BCUT2D eigenvalue weighted by Gasteiger charge is -2.08. The van der Waals surface area contributed by atoms with E-state index in [4.69, 9.17) is 27.9 Å². The van der Waals surface area contributed by atoms with E-state index in [0.29, 0.717) is 52.7 Å². The van der Waals surface area contributed by atoms with Gasteiger partial charge in [-0.1, -0.05) is 25.1 Å². The largest absolute Gasteiger partial charge is 0.463 e. The summed E-state index contributed by atoms with van der Waals surface area (Å²) in [4.78, 5) is 11.2. The van der Waals surface area contributed by atoms with Gasteiger partial charge in [-0.3, -0.25) is 8.98 Å². The molecule has 0 unspecified atom stereocenters. The molecule has 0 aliphatic rings. The summed E-state index contributed by atoms with van der Waals surface area (Å²) in [6, 6.07) is 7.95. The number of hydrogen-bond acceptors (Lipinski definition) is 9. The first-order chi connectivity index (χ1) is 14.6. The average Bonchev–Trinajstić information content (AvgIpc) is 2.74. The topological polar surface area (TPSA) is 107 Å². The SMILES string of the molecule is CCCC(=O)OCCOCCOCCOCCOCCOS(=O)(=O)c1ccccc1. The fraction of sp³-hybridized carbons (Fsp3) is 0.650. The highest BCUT2D eigenvalue weighted by Gasteiger charge is 2.13. The summed E-state index contributed by atoms with van der Waals surface area (Å²) in [6.07, 6.45) is 1.20. The van der Waals surface area contributed by atoms with E-state index < -0.39 is 10.1 Å². The third-order valence-electron chi connectivity index (χ3n) is 3.56. The second kappa shape index (κ2) is 17.2. The molecule has 0 spiro atoms. The average molecular weight is 449 g/mol. The summed E-state index contributed by atoms with van der Waals surface area (Å²) in [5.74, 6) is -0.205. The van der Waals surface area contributed by atoms with Gasteiger partial charge in [0, 0.05) is 6.42 Å². The molecular weight excluding hydrogens is 416 g/mol. The second-order valence-corrected chi connectivity index (χ2v) is 7.62. The van der Waals surface area contributed by atoms with Crippen LogP contribution in [0.1, 0.15) is 19.8 Å². The standard InChI is InChI=1S/C20H32O9S/c1-2-6-20(21)28-17-15-26-13-11-24-9-10-25-12-14-27-16-18-29-30(22,23)19-7-4-3-5-8-19/h3-5,7-8H,2,6,9-18H2,1H3. The van der Waals surface area contributed by atoms with Crippen LogP contribution in [0.4, 0.5) is 0 Å². The van der Waals surface area contributed by atoms with Crippen LogP contribution in [0.3, 0.4) is 0 Å². The van der Waals surface area contributed by atoms with E-state index in [0.717, 1.165) is 6.42 Å². The monoisotopic (exact) mass is 448 g/mol. The van der Waals surface area contributed by atoms with Crippen LogP contribution < -0.4 is 0 Å². The van der Waals surface area contributed by atoms with Gasteiger partial charge in [0.2, 0.25) is 0 Å². The van der Waals surface area contributed by atoms with E-state index in [1.165, 1.54) is 12.1 Å². The Bertz CT molecular complexity index is 650. The molecule has 30 heavy (non-hydrogen) atoms. The van der Waals surface area contributed by atoms with E-state index in [2.05, 4.69) is 0 Å². The molecule has 172 valence electrons. The van der Waals surface area contributed by atoms with Crippen LogP contribution in [0, 0.1) is 0 Å². The normalized spacial score (nSPS) is 11.5. The highest BCUT2D eigenvalue weighted by molar-refractivity contribution is 7.86. The second-order valence-electron chi connectivity index (χ2n) is 6.01. The van der Waals surface area contributed by atoms with Crippen molar-refractivity contribution in [1.29, 1.82) is 0 Å². The summed E-state index contributed by atoms with van der Waals surface area (Å²) >= 11 is 0. The Morgan fingerprint density at radius 2 is 1.20 bits per heavy atom. The predicted octanol–water partition coefficient (Wildman–Crippen LogP) is 1.80. The Labute approximate surface area is 178 Å². The number of ether oxygens (including phenoxy) is 5. The van der Waals surface area contributed by atoms with Crippen molar-refractivity contribution in [2.45, 2.75) is 24.7 Å². The number of carbonyl (C=O) groups is 1. The van der Waals surface area contributed by atoms with Gasteiger partial charge in [-0.2, -0.15) is 8.42 Å². The van der Waals surface area contributed by atoms with Crippen LogP contribution in [0.2, 0.25) is 0 Å². The zero-order valence-electron chi connectivity index (χ0n) is 17.5. The fourth-order valence-electron chi connectivity index (χ4n) is 2.11. The van der Waals surface area contributed by atoms with Gasteiger partial charge in [0.15, 0.2) is 0 Å². The lowest BCUT2D eigenvalue weighted by molar-refractivity contribution is -0.145. The first-order valence-corrected chi connectivity index (χ1v) is 11.4. The molecule has 0 radical (unpaired) electrons. The molecule has 0 atom stereocenters. The van der Waals surface area contributed by atoms with Crippen molar-refractivity contribution in [2.75, 3.05) is 66.1 Å². The Kier molecular flexibility index (Phi) is 15.1. The van der Waals surface area contributed by atoms with Crippen LogP contribution >= 0.6 is 0 Å². The van der Waals surface area contributed by atoms with E-state index in [-0.39, 0.29) is 30.7 Å². The molecule has 1 aromatic carbocycles. The van der Waals surface area contributed by atoms with E-state index in [1.54, 1.807) is 18.2 Å². The van der Waals surface area contributed by atoms with Crippen molar-refractivity contribution in [3.05, 3.63) is 30.3 Å². The predicted molar refractivity (Wildman–Crippen MR) is 109 cm³/mol. The Balaban J connectivity index is 1.82. The summed E-state index contributed by atoms with van der Waals surface area (Å²) in [5, 5.41) is 0. The van der Waals surface area contributed by atoms with Gasteiger partial charge < -0.3 is 23.7 Å². The number of benzene rings is 1. The van der Waals surface area contributed by atoms with Gasteiger partial charge in [0.1, 0.15) is 6.61 Å². The molecule has 0 saturated heterocycles. The molecule has 9 nitrogen and oxygen atoms in total. The maximum Gasteiger partial charge on any atom is 0.305 e. The van der Waals surface area contributed by atoms with Crippen molar-refractivity contribution >= 4 is 16.1 Å². The maximum atomic E-state index is 11.9. The molecule has 0 N–H and O–H groups in total. The zero-order valence-corrected chi connectivity index (χ0v) is 18.3. The van der Waals surface area contributed by atoms with E-state index in [1.807, 2.05) is 6.92 Å². The molecule has 0 bridgehead atoms. The van der Waals surface area contributed by atoms with Gasteiger partial charge in [-0.25, -0.2) is 0 Å². The Morgan fingerprint density at radius 1 is 0.733 bits per heavy atom. The summed E-state index contributed by atoms with van der Waals surface area (Å²) < 4.78 is 54.8. The van der Waals surface area contributed by atoms with Crippen molar-refractivity contribution < 1.29 is 41.1 Å². The molecule has 10 heteroatoms. The number of rotatable bonds is 19. The third kappa shape index (κ3) is 13.6. The molecule has 1 aromatic rings. The fourth-order valence-corrected chi connectivity index (χ4v) is 3.02. The molecular formula is C20H32O9S. The van der Waals surface area contributed by atoms with Crippen molar-refractivity contribution in [2.24, 2.45) is 0 Å². The minimum absolute atomic E-state index is 0.0574. The van der Waals surface area contributed by atoms with Crippen LogP contribution in [0.5, 0.6) is 0 Å². The number of hydrogen-bond donors (Lipinski definition) is 0. The molecule has 1 rings (SSSR count). The summed E-state index contributed by atoms with van der Waals surface area (Å²) in [6.45, 7) is 5.00. The molecule has 0 aliphatic carbocycles. The first-order valence-electron chi connectivity index (χ1n) is 9.97. The van der Waals surface area contributed by atoms with Crippen LogP contribution in [0.15, 0.2) is 35.2 Å². The van der Waals surface area contributed by atoms with Gasteiger partial charge in [0.25, 0.3) is 10.1 Å². The smallest absolute Gasteiger partial charge is 0.305 e. The number of esters is 1. The summed E-state index contributed by atoms with van der Waals surface area (Å²) in [5.41, 5.74) is 0. The lowest BCUT2D eigenvalue weighted by Crippen LogP contribution is -2.15. The van der Waals surface area contributed by atoms with Gasteiger partial charge >= 0.3 is 5.97 Å². The quantitative estimate of drug-likeness (QED) is 0.178. The van der Waals surface area contributed by atoms with Crippen molar-refractivity contribution in [3.63, 3.8) is 0 Å². The molecule has 0 aliphatic heterocycles. The first kappa shape index (κ1) is 26.5. The summed E-state index contributed by atoms with van der Waals surface area (Å²) in [7, 11) is -3.74. The van der Waals surface area contributed by atoms with Gasteiger partial charge in [0.05, 0.1) is 64.4 Å². The van der Waals surface area contributed by atoms with Crippen LogP contribution in [0.25, 0.3) is 0 Å². The minimum Gasteiger partial charge on any atom is -0.463 e. The Morgan fingerprint density at radius 3 is 1.70 bits per heavy atom. The molecule has 0 aromatic heterocycles. The van der Waals surface area contributed by atoms with Crippen molar-refractivity contribution in [3.8, 4) is 0 Å². The third-order valence-corrected chi connectivity index (χ3v) is 4.89. The Hall–Kier alpha value is -1.56. The molecule has 0 amide bonds.